The summed E-state index contributed by atoms with van der Waals surface area (Å²) in [5.41, 5.74) is 4.35. The molecule has 0 aliphatic heterocycles. The molecule has 4 nitrogen and oxygen atoms in total. The van der Waals surface area contributed by atoms with Crippen molar-refractivity contribution >= 4 is 46.6 Å². The van der Waals surface area contributed by atoms with Gasteiger partial charge >= 0.3 is 0 Å². The van der Waals surface area contributed by atoms with Crippen LogP contribution < -0.4 is 10.6 Å². The minimum atomic E-state index is -0.461. The fraction of sp³-hybridized carbons (Fsp3) is 0.103. The molecule has 1 atom stereocenters. The summed E-state index contributed by atoms with van der Waals surface area (Å²) >= 11 is 7.36. The van der Waals surface area contributed by atoms with Crippen LogP contribution in [0.2, 0.25) is 5.02 Å². The van der Waals surface area contributed by atoms with Crippen LogP contribution in [0.1, 0.15) is 21.9 Å². The van der Waals surface area contributed by atoms with E-state index in [2.05, 4.69) is 10.6 Å². The molecule has 2 amide bonds. The Bertz CT molecular complexity index is 1290. The zero-order chi connectivity index (χ0) is 24.6. The molecule has 2 N–H and O–H groups in total. The highest BCUT2D eigenvalue weighted by Gasteiger charge is 2.22. The van der Waals surface area contributed by atoms with Gasteiger partial charge in [0.25, 0.3) is 0 Å². The van der Waals surface area contributed by atoms with Crippen molar-refractivity contribution in [2.75, 3.05) is 10.6 Å². The molecule has 0 saturated heterocycles. The van der Waals surface area contributed by atoms with Gasteiger partial charge in [0.1, 0.15) is 5.25 Å². The van der Waals surface area contributed by atoms with Gasteiger partial charge in [-0.25, -0.2) is 0 Å². The highest BCUT2D eigenvalue weighted by atomic mass is 35.5. The second kappa shape index (κ2) is 11.7. The fourth-order valence-electron chi connectivity index (χ4n) is 3.52. The summed E-state index contributed by atoms with van der Waals surface area (Å²) in [5.74, 6) is -0.228. The summed E-state index contributed by atoms with van der Waals surface area (Å²) in [6, 6.07) is 32.2. The van der Waals surface area contributed by atoms with Crippen LogP contribution in [0.25, 0.3) is 0 Å². The number of carbonyl (C=O) groups is 2. The van der Waals surface area contributed by atoms with Crippen LogP contribution in [0.15, 0.2) is 108 Å². The number of thioether (sulfide) groups is 1. The monoisotopic (exact) mass is 500 g/mol. The molecule has 0 radical (unpaired) electrons. The third kappa shape index (κ3) is 7.22. The first kappa shape index (κ1) is 24.6. The molecule has 6 heteroatoms. The van der Waals surface area contributed by atoms with E-state index >= 15 is 0 Å². The van der Waals surface area contributed by atoms with Crippen molar-refractivity contribution in [1.29, 1.82) is 0 Å². The van der Waals surface area contributed by atoms with Gasteiger partial charge in [-0.2, -0.15) is 0 Å². The van der Waals surface area contributed by atoms with Crippen LogP contribution in [0, 0.1) is 6.92 Å². The Hall–Kier alpha value is -3.54. The van der Waals surface area contributed by atoms with E-state index in [1.165, 1.54) is 11.8 Å². The lowest BCUT2D eigenvalue weighted by atomic mass is 10.1. The number of aryl methyl sites for hydroxylation is 1. The first-order chi connectivity index (χ1) is 17.0. The van der Waals surface area contributed by atoms with Gasteiger partial charge in [-0.1, -0.05) is 77.8 Å². The highest BCUT2D eigenvalue weighted by Crippen LogP contribution is 2.37. The van der Waals surface area contributed by atoms with Gasteiger partial charge in [-0.15, -0.1) is 11.8 Å². The Morgan fingerprint density at radius 1 is 0.800 bits per heavy atom. The van der Waals surface area contributed by atoms with Gasteiger partial charge in [0.2, 0.25) is 11.8 Å². The zero-order valence-electron chi connectivity index (χ0n) is 19.2. The first-order valence-corrected chi connectivity index (χ1v) is 12.5. The van der Waals surface area contributed by atoms with E-state index in [4.69, 9.17) is 11.6 Å². The molecular weight excluding hydrogens is 476 g/mol. The first-order valence-electron chi connectivity index (χ1n) is 11.2. The third-order valence-corrected chi connectivity index (χ3v) is 6.81. The zero-order valence-corrected chi connectivity index (χ0v) is 20.8. The van der Waals surface area contributed by atoms with E-state index in [0.29, 0.717) is 10.7 Å². The summed E-state index contributed by atoms with van der Waals surface area (Å²) in [5, 5.41) is 6.15. The summed E-state index contributed by atoms with van der Waals surface area (Å²) in [7, 11) is 0. The summed E-state index contributed by atoms with van der Waals surface area (Å²) in [6.45, 7) is 2.01. The Kier molecular flexibility index (Phi) is 8.24. The lowest BCUT2D eigenvalue weighted by Gasteiger charge is -2.18. The van der Waals surface area contributed by atoms with Crippen molar-refractivity contribution in [1.82, 2.24) is 0 Å². The predicted molar refractivity (Wildman–Crippen MR) is 145 cm³/mol. The maximum atomic E-state index is 13.3. The lowest BCUT2D eigenvalue weighted by molar-refractivity contribution is -0.116. The van der Waals surface area contributed by atoms with Crippen molar-refractivity contribution in [3.05, 3.63) is 125 Å². The van der Waals surface area contributed by atoms with E-state index in [1.54, 1.807) is 12.1 Å². The summed E-state index contributed by atoms with van der Waals surface area (Å²) in [4.78, 5) is 26.7. The van der Waals surface area contributed by atoms with Crippen LogP contribution in [-0.2, 0) is 16.0 Å². The largest absolute Gasteiger partial charge is 0.326 e. The molecule has 0 aliphatic carbocycles. The smallest absolute Gasteiger partial charge is 0.242 e. The van der Waals surface area contributed by atoms with E-state index in [1.807, 2.05) is 97.9 Å². The number of rotatable bonds is 8. The molecule has 1 unspecified atom stereocenters. The minimum absolute atomic E-state index is 0.109. The number of anilines is 2. The average molecular weight is 501 g/mol. The fourth-order valence-corrected chi connectivity index (χ4v) is 4.73. The Labute approximate surface area is 214 Å². The normalized spacial score (nSPS) is 11.5. The number of nitrogens with one attached hydrogen (secondary N) is 2. The molecule has 4 aromatic carbocycles. The minimum Gasteiger partial charge on any atom is -0.326 e. The number of hydrogen-bond acceptors (Lipinski definition) is 3. The standard InChI is InChI=1S/C29H25ClN2O2S/c1-20-10-16-24(17-11-20)32-29(34)28(22-6-3-2-4-7-22)35-26-9-5-8-25(19-26)31-27(33)18-21-12-14-23(30)15-13-21/h2-17,19,28H,18H2,1H3,(H,31,33)(H,32,34). The molecule has 0 fully saturated rings. The molecule has 0 heterocycles. The van der Waals surface area contributed by atoms with Gasteiger partial charge in [0.15, 0.2) is 0 Å². The Morgan fingerprint density at radius 2 is 1.51 bits per heavy atom. The van der Waals surface area contributed by atoms with Crippen LogP contribution in [-0.4, -0.2) is 11.8 Å². The third-order valence-electron chi connectivity index (χ3n) is 5.31. The molecule has 0 spiro atoms. The number of carbonyl (C=O) groups excluding carboxylic acids is 2. The SMILES string of the molecule is Cc1ccc(NC(=O)C(Sc2cccc(NC(=O)Cc3ccc(Cl)cc3)c2)c2ccccc2)cc1. The number of benzene rings is 4. The number of amides is 2. The van der Waals surface area contributed by atoms with Gasteiger partial charge in [-0.05, 0) is 60.5 Å². The molecule has 35 heavy (non-hydrogen) atoms. The van der Waals surface area contributed by atoms with Crippen LogP contribution in [0.3, 0.4) is 0 Å². The quantitative estimate of drug-likeness (QED) is 0.249. The maximum Gasteiger partial charge on any atom is 0.242 e. The van der Waals surface area contributed by atoms with Crippen LogP contribution >= 0.6 is 23.4 Å². The average Bonchev–Trinajstić information content (AvgIpc) is 2.86. The second-order valence-corrected chi connectivity index (χ2v) is 9.76. The molecule has 0 aliphatic rings. The lowest BCUT2D eigenvalue weighted by Crippen LogP contribution is -2.19. The Balaban J connectivity index is 1.48. The molecular formula is C29H25ClN2O2S. The van der Waals surface area contributed by atoms with E-state index in [0.717, 1.165) is 27.3 Å². The summed E-state index contributed by atoms with van der Waals surface area (Å²) < 4.78 is 0. The van der Waals surface area contributed by atoms with E-state index < -0.39 is 5.25 Å². The van der Waals surface area contributed by atoms with Crippen molar-refractivity contribution in [2.45, 2.75) is 23.5 Å². The second-order valence-electron chi connectivity index (χ2n) is 8.14. The van der Waals surface area contributed by atoms with Crippen molar-refractivity contribution in [3.8, 4) is 0 Å². The van der Waals surface area contributed by atoms with Gasteiger partial charge in [0.05, 0.1) is 6.42 Å². The topological polar surface area (TPSA) is 58.2 Å². The van der Waals surface area contributed by atoms with Crippen molar-refractivity contribution in [2.24, 2.45) is 0 Å². The molecule has 0 bridgehead atoms. The van der Waals surface area contributed by atoms with Crippen molar-refractivity contribution < 1.29 is 9.59 Å². The molecule has 0 aromatic heterocycles. The van der Waals surface area contributed by atoms with Gasteiger partial charge in [0, 0.05) is 21.3 Å². The molecule has 0 saturated carbocycles. The Morgan fingerprint density at radius 3 is 2.23 bits per heavy atom. The van der Waals surface area contributed by atoms with Crippen molar-refractivity contribution in [3.63, 3.8) is 0 Å². The maximum absolute atomic E-state index is 13.3. The molecule has 4 aromatic rings. The van der Waals surface area contributed by atoms with Gasteiger partial charge in [-0.3, -0.25) is 9.59 Å². The van der Waals surface area contributed by atoms with E-state index in [-0.39, 0.29) is 18.2 Å². The van der Waals surface area contributed by atoms with E-state index in [9.17, 15) is 9.59 Å². The molecule has 176 valence electrons. The number of hydrogen-bond donors (Lipinski definition) is 2. The predicted octanol–water partition coefficient (Wildman–Crippen LogP) is 7.30. The molecule has 4 rings (SSSR count). The summed E-state index contributed by atoms with van der Waals surface area (Å²) in [6.07, 6.45) is 0.250. The highest BCUT2D eigenvalue weighted by molar-refractivity contribution is 8.00. The van der Waals surface area contributed by atoms with Crippen LogP contribution in [0.4, 0.5) is 11.4 Å². The van der Waals surface area contributed by atoms with Gasteiger partial charge < -0.3 is 10.6 Å². The van der Waals surface area contributed by atoms with Crippen LogP contribution in [0.5, 0.6) is 0 Å². The number of halogens is 1.